The molecule has 1 N–H and O–H groups in total. The summed E-state index contributed by atoms with van der Waals surface area (Å²) in [7, 11) is 0. The smallest absolute Gasteiger partial charge is 0.253 e. The van der Waals surface area contributed by atoms with Gasteiger partial charge in [-0.05, 0) is 49.2 Å². The van der Waals surface area contributed by atoms with Crippen LogP contribution in [-0.4, -0.2) is 35.6 Å². The average molecular weight is 457 g/mol. The van der Waals surface area contributed by atoms with Gasteiger partial charge in [0.15, 0.2) is 5.78 Å². The lowest BCUT2D eigenvalue weighted by molar-refractivity contribution is -0.116. The Labute approximate surface area is 179 Å². The summed E-state index contributed by atoms with van der Waals surface area (Å²) in [5.74, 6) is -0.238. The van der Waals surface area contributed by atoms with Crippen molar-refractivity contribution in [1.82, 2.24) is 4.90 Å². The molecule has 1 saturated heterocycles. The number of rotatable bonds is 6. The van der Waals surface area contributed by atoms with E-state index >= 15 is 0 Å². The molecule has 0 atom stereocenters. The quantitative estimate of drug-likeness (QED) is 0.617. The van der Waals surface area contributed by atoms with Gasteiger partial charge in [0.2, 0.25) is 5.91 Å². The highest BCUT2D eigenvalue weighted by Gasteiger charge is 2.17. The molecule has 3 rings (SSSR count). The molecule has 0 unspecified atom stereocenters. The second kappa shape index (κ2) is 10.3. The van der Waals surface area contributed by atoms with Gasteiger partial charge in [0, 0.05) is 47.2 Å². The molecule has 1 heterocycles. The molecule has 0 saturated carbocycles. The summed E-state index contributed by atoms with van der Waals surface area (Å²) in [5, 5.41) is 2.79. The number of Topliss-reactive ketones (excluding diaryl/α,β-unsaturated/α-hetero) is 1. The van der Waals surface area contributed by atoms with Gasteiger partial charge in [-0.1, -0.05) is 40.9 Å². The SMILES string of the molecule is O=C(CCC(=O)c1ccc(Br)cc1)Nc1ccc(C(=O)N2CCCCCC2)cc1. The lowest BCUT2D eigenvalue weighted by Crippen LogP contribution is -2.31. The molecule has 6 heteroatoms. The van der Waals surface area contributed by atoms with E-state index in [1.54, 1.807) is 36.4 Å². The predicted molar refractivity (Wildman–Crippen MR) is 117 cm³/mol. The zero-order chi connectivity index (χ0) is 20.6. The first kappa shape index (κ1) is 21.2. The zero-order valence-electron chi connectivity index (χ0n) is 16.3. The van der Waals surface area contributed by atoms with E-state index in [9.17, 15) is 14.4 Å². The van der Waals surface area contributed by atoms with E-state index in [0.717, 1.165) is 30.4 Å². The summed E-state index contributed by atoms with van der Waals surface area (Å²) in [4.78, 5) is 38.9. The summed E-state index contributed by atoms with van der Waals surface area (Å²) >= 11 is 3.33. The molecule has 29 heavy (non-hydrogen) atoms. The number of nitrogens with one attached hydrogen (secondary N) is 1. The molecular formula is C23H25BrN2O3. The first-order valence-corrected chi connectivity index (χ1v) is 10.8. The predicted octanol–water partition coefficient (Wildman–Crippen LogP) is 5.07. The maximum absolute atomic E-state index is 12.6. The molecule has 1 aliphatic rings. The van der Waals surface area contributed by atoms with Crippen LogP contribution in [0.3, 0.4) is 0 Å². The van der Waals surface area contributed by atoms with Gasteiger partial charge in [-0.15, -0.1) is 0 Å². The van der Waals surface area contributed by atoms with Crippen LogP contribution in [0, 0.1) is 0 Å². The van der Waals surface area contributed by atoms with Crippen LogP contribution in [0.5, 0.6) is 0 Å². The normalized spacial score (nSPS) is 14.2. The Bertz CT molecular complexity index is 855. The number of nitrogens with zero attached hydrogens (tertiary/aromatic N) is 1. The minimum atomic E-state index is -0.220. The lowest BCUT2D eigenvalue weighted by Gasteiger charge is -2.20. The van der Waals surface area contributed by atoms with E-state index < -0.39 is 0 Å². The summed E-state index contributed by atoms with van der Waals surface area (Å²) in [6.45, 7) is 1.62. The molecule has 2 aromatic carbocycles. The zero-order valence-corrected chi connectivity index (χ0v) is 17.9. The van der Waals surface area contributed by atoms with Crippen LogP contribution in [0.15, 0.2) is 53.0 Å². The average Bonchev–Trinajstić information content (AvgIpc) is 3.02. The number of amides is 2. The van der Waals surface area contributed by atoms with Gasteiger partial charge < -0.3 is 10.2 Å². The number of likely N-dealkylation sites (tertiary alicyclic amines) is 1. The van der Waals surface area contributed by atoms with Gasteiger partial charge in [-0.25, -0.2) is 0 Å². The number of halogens is 1. The molecule has 0 spiro atoms. The van der Waals surface area contributed by atoms with Crippen molar-refractivity contribution in [3.8, 4) is 0 Å². The van der Waals surface area contributed by atoms with Crippen LogP contribution in [0.2, 0.25) is 0 Å². The van der Waals surface area contributed by atoms with E-state index in [2.05, 4.69) is 21.2 Å². The van der Waals surface area contributed by atoms with E-state index in [-0.39, 0.29) is 30.4 Å². The molecule has 0 aliphatic carbocycles. The molecule has 0 radical (unpaired) electrons. The van der Waals surface area contributed by atoms with Gasteiger partial charge >= 0.3 is 0 Å². The highest BCUT2D eigenvalue weighted by Crippen LogP contribution is 2.17. The highest BCUT2D eigenvalue weighted by atomic mass is 79.9. The van der Waals surface area contributed by atoms with Crippen LogP contribution in [0.4, 0.5) is 5.69 Å². The van der Waals surface area contributed by atoms with Gasteiger partial charge in [0.25, 0.3) is 5.91 Å². The fourth-order valence-corrected chi connectivity index (χ4v) is 3.65. The third-order valence-corrected chi connectivity index (χ3v) is 5.58. The fourth-order valence-electron chi connectivity index (χ4n) is 3.38. The number of benzene rings is 2. The van der Waals surface area contributed by atoms with Crippen LogP contribution < -0.4 is 5.32 Å². The molecule has 0 aromatic heterocycles. The van der Waals surface area contributed by atoms with Gasteiger partial charge in [0.05, 0.1) is 0 Å². The second-order valence-corrected chi connectivity index (χ2v) is 8.18. The topological polar surface area (TPSA) is 66.5 Å². The summed E-state index contributed by atoms with van der Waals surface area (Å²) < 4.78 is 0.907. The monoisotopic (exact) mass is 456 g/mol. The number of carbonyl (C=O) groups is 3. The Balaban J connectivity index is 1.49. The number of hydrogen-bond acceptors (Lipinski definition) is 3. The number of carbonyl (C=O) groups excluding carboxylic acids is 3. The third-order valence-electron chi connectivity index (χ3n) is 5.05. The van der Waals surface area contributed by atoms with Gasteiger partial charge in [-0.2, -0.15) is 0 Å². The van der Waals surface area contributed by atoms with E-state index in [0.29, 0.717) is 16.8 Å². The van der Waals surface area contributed by atoms with E-state index in [4.69, 9.17) is 0 Å². The summed E-state index contributed by atoms with van der Waals surface area (Å²) in [6.07, 6.45) is 4.73. The lowest BCUT2D eigenvalue weighted by atomic mass is 10.1. The van der Waals surface area contributed by atoms with E-state index in [1.165, 1.54) is 12.8 Å². The standard InChI is InChI=1S/C23H25BrN2O3/c24-19-9-5-17(6-10-19)21(27)13-14-22(28)25-20-11-7-18(8-12-20)23(29)26-15-3-1-2-4-16-26/h5-12H,1-4,13-16H2,(H,25,28). The Kier molecular flexibility index (Phi) is 7.58. The Morgan fingerprint density at radius 2 is 1.38 bits per heavy atom. The molecule has 1 fully saturated rings. The van der Waals surface area contributed by atoms with Crippen LogP contribution in [0.25, 0.3) is 0 Å². The Hall–Kier alpha value is -2.47. The maximum Gasteiger partial charge on any atom is 0.253 e. The van der Waals surface area contributed by atoms with Crippen LogP contribution >= 0.6 is 15.9 Å². The van der Waals surface area contributed by atoms with Crippen LogP contribution in [-0.2, 0) is 4.79 Å². The molecule has 2 aromatic rings. The largest absolute Gasteiger partial charge is 0.339 e. The molecular weight excluding hydrogens is 432 g/mol. The molecule has 2 amide bonds. The van der Waals surface area contributed by atoms with Crippen molar-refractivity contribution in [2.24, 2.45) is 0 Å². The highest BCUT2D eigenvalue weighted by molar-refractivity contribution is 9.10. The van der Waals surface area contributed by atoms with Gasteiger partial charge in [0.1, 0.15) is 0 Å². The van der Waals surface area contributed by atoms with Crippen molar-refractivity contribution in [3.05, 3.63) is 64.1 Å². The first-order valence-electron chi connectivity index (χ1n) is 10.0. The third kappa shape index (κ3) is 6.26. The fraction of sp³-hybridized carbons (Fsp3) is 0.348. The van der Waals surface area contributed by atoms with Gasteiger partial charge in [-0.3, -0.25) is 14.4 Å². The van der Waals surface area contributed by atoms with Crippen molar-refractivity contribution in [2.75, 3.05) is 18.4 Å². The number of ketones is 1. The van der Waals surface area contributed by atoms with Crippen molar-refractivity contribution < 1.29 is 14.4 Å². The first-order chi connectivity index (χ1) is 14.0. The van der Waals surface area contributed by atoms with Crippen molar-refractivity contribution in [1.29, 1.82) is 0 Å². The Morgan fingerprint density at radius 1 is 0.793 bits per heavy atom. The number of hydrogen-bond donors (Lipinski definition) is 1. The molecule has 0 bridgehead atoms. The summed E-state index contributed by atoms with van der Waals surface area (Å²) in [6, 6.07) is 14.1. The van der Waals surface area contributed by atoms with Crippen LogP contribution in [0.1, 0.15) is 59.2 Å². The molecule has 152 valence electrons. The Morgan fingerprint density at radius 3 is 2.00 bits per heavy atom. The summed E-state index contributed by atoms with van der Waals surface area (Å²) in [5.41, 5.74) is 1.85. The van der Waals surface area contributed by atoms with E-state index in [1.807, 2.05) is 17.0 Å². The van der Waals surface area contributed by atoms with Crippen molar-refractivity contribution in [2.45, 2.75) is 38.5 Å². The maximum atomic E-state index is 12.6. The molecule has 1 aliphatic heterocycles. The minimum absolute atomic E-state index is 0.0462. The second-order valence-electron chi connectivity index (χ2n) is 7.26. The minimum Gasteiger partial charge on any atom is -0.339 e. The van der Waals surface area contributed by atoms with Crippen molar-refractivity contribution in [3.63, 3.8) is 0 Å². The van der Waals surface area contributed by atoms with Crippen molar-refractivity contribution >= 4 is 39.2 Å². The molecule has 5 nitrogen and oxygen atoms in total. The number of anilines is 1.